The van der Waals surface area contributed by atoms with Crippen molar-refractivity contribution in [3.8, 4) is 0 Å². The average Bonchev–Trinajstić information content (AvgIpc) is 2.76. The maximum Gasteiger partial charge on any atom is 0.323 e. The molecule has 172 valence electrons. The van der Waals surface area contributed by atoms with Crippen molar-refractivity contribution in [3.05, 3.63) is 30.3 Å². The Morgan fingerprint density at radius 1 is 1.03 bits per heavy atom. The van der Waals surface area contributed by atoms with E-state index < -0.39 is 34.5 Å². The lowest BCUT2D eigenvalue weighted by molar-refractivity contribution is -0.138. The van der Waals surface area contributed by atoms with E-state index in [1.165, 1.54) is 24.3 Å². The van der Waals surface area contributed by atoms with E-state index in [-0.39, 0.29) is 23.6 Å². The third-order valence-corrected chi connectivity index (χ3v) is 6.49. The molecule has 10 nitrogen and oxygen atoms in total. The topological polar surface area (TPSA) is 154 Å². The second-order valence-corrected chi connectivity index (χ2v) is 9.19. The predicted octanol–water partition coefficient (Wildman–Crippen LogP) is -0.180. The number of carbonyl (C=O) groups is 3. The molecule has 11 heteroatoms. The average molecular weight is 455 g/mol. The van der Waals surface area contributed by atoms with Gasteiger partial charge in [-0.1, -0.05) is 18.2 Å². The van der Waals surface area contributed by atoms with E-state index in [2.05, 4.69) is 20.7 Å². The van der Waals surface area contributed by atoms with Crippen LogP contribution in [0.25, 0.3) is 0 Å². The molecule has 1 heterocycles. The molecule has 0 spiro atoms. The van der Waals surface area contributed by atoms with Gasteiger partial charge in [0.25, 0.3) is 0 Å². The lowest BCUT2D eigenvalue weighted by Gasteiger charge is -2.22. The first-order valence-electron chi connectivity index (χ1n) is 10.3. The molecule has 1 aliphatic heterocycles. The summed E-state index contributed by atoms with van der Waals surface area (Å²) in [5.41, 5.74) is 0. The summed E-state index contributed by atoms with van der Waals surface area (Å²) < 4.78 is 26.6. The molecule has 0 unspecified atom stereocenters. The summed E-state index contributed by atoms with van der Waals surface area (Å²) in [6.45, 7) is 2.15. The van der Waals surface area contributed by atoms with Crippen LogP contribution in [0.4, 0.5) is 0 Å². The second-order valence-electron chi connectivity index (χ2n) is 7.48. The highest BCUT2D eigenvalue weighted by atomic mass is 32.2. The first kappa shape index (κ1) is 24.8. The normalized spacial score (nSPS) is 15.7. The Morgan fingerprint density at radius 3 is 2.26 bits per heavy atom. The van der Waals surface area contributed by atoms with E-state index >= 15 is 0 Å². The van der Waals surface area contributed by atoms with Crippen molar-refractivity contribution < 1.29 is 27.9 Å². The van der Waals surface area contributed by atoms with Crippen LogP contribution in [0, 0.1) is 5.92 Å². The van der Waals surface area contributed by atoms with Crippen molar-refractivity contribution in [3.63, 3.8) is 0 Å². The third-order valence-electron chi connectivity index (χ3n) is 5.01. The summed E-state index contributed by atoms with van der Waals surface area (Å²) >= 11 is 0. The predicted molar refractivity (Wildman–Crippen MR) is 114 cm³/mol. The molecular weight excluding hydrogens is 424 g/mol. The Labute approximate surface area is 182 Å². The molecule has 1 fully saturated rings. The number of carbonyl (C=O) groups excluding carboxylic acids is 2. The van der Waals surface area contributed by atoms with Gasteiger partial charge in [0.1, 0.15) is 6.04 Å². The molecule has 0 saturated carbocycles. The SMILES string of the molecule is O=C(CCCC(=O)NC[C@H](NS(=O)(=O)c1ccccc1)C(=O)O)NCC1CCNCC1. The van der Waals surface area contributed by atoms with Crippen LogP contribution in [0.3, 0.4) is 0 Å². The number of amides is 2. The maximum atomic E-state index is 12.3. The van der Waals surface area contributed by atoms with Crippen LogP contribution in [-0.2, 0) is 24.4 Å². The fourth-order valence-corrected chi connectivity index (χ4v) is 4.39. The summed E-state index contributed by atoms with van der Waals surface area (Å²) in [4.78, 5) is 35.2. The molecule has 0 aromatic heterocycles. The summed E-state index contributed by atoms with van der Waals surface area (Å²) in [7, 11) is -4.04. The molecule has 1 aliphatic rings. The molecule has 31 heavy (non-hydrogen) atoms. The highest BCUT2D eigenvalue weighted by molar-refractivity contribution is 7.89. The number of sulfonamides is 1. The van der Waals surface area contributed by atoms with Crippen LogP contribution < -0.4 is 20.7 Å². The number of carboxylic acids is 1. The minimum atomic E-state index is -4.04. The quantitative estimate of drug-likeness (QED) is 0.294. The van der Waals surface area contributed by atoms with Gasteiger partial charge in [-0.2, -0.15) is 4.72 Å². The van der Waals surface area contributed by atoms with E-state index in [9.17, 15) is 27.9 Å². The summed E-state index contributed by atoms with van der Waals surface area (Å²) in [5.74, 6) is -1.50. The van der Waals surface area contributed by atoms with Crippen molar-refractivity contribution in [2.45, 2.75) is 43.0 Å². The molecule has 0 radical (unpaired) electrons. The number of benzene rings is 1. The standard InChI is InChI=1S/C20H30N4O6S/c25-18(22-13-15-9-11-21-12-10-15)7-4-8-19(26)23-14-17(20(27)28)24-31(29,30)16-5-2-1-3-6-16/h1-3,5-6,15,17,21,24H,4,7-14H2,(H,22,25)(H,23,26)(H,27,28)/t17-/m0/s1. The van der Waals surface area contributed by atoms with Gasteiger partial charge in [0.15, 0.2) is 0 Å². The Bertz CT molecular complexity index is 840. The molecule has 1 aromatic carbocycles. The Balaban J connectivity index is 1.69. The van der Waals surface area contributed by atoms with E-state index in [4.69, 9.17) is 0 Å². The van der Waals surface area contributed by atoms with Crippen molar-refractivity contribution in [1.82, 2.24) is 20.7 Å². The largest absolute Gasteiger partial charge is 0.480 e. The van der Waals surface area contributed by atoms with Crippen LogP contribution in [-0.4, -0.2) is 63.5 Å². The van der Waals surface area contributed by atoms with Gasteiger partial charge in [-0.25, -0.2) is 8.42 Å². The summed E-state index contributed by atoms with van der Waals surface area (Å²) in [6, 6.07) is 5.86. The van der Waals surface area contributed by atoms with Gasteiger partial charge < -0.3 is 21.1 Å². The van der Waals surface area contributed by atoms with Gasteiger partial charge in [-0.3, -0.25) is 14.4 Å². The van der Waals surface area contributed by atoms with Gasteiger partial charge >= 0.3 is 5.97 Å². The van der Waals surface area contributed by atoms with Crippen LogP contribution in [0.1, 0.15) is 32.1 Å². The highest BCUT2D eigenvalue weighted by Gasteiger charge is 2.25. The number of hydrogen-bond donors (Lipinski definition) is 5. The Hall–Kier alpha value is -2.50. The van der Waals surface area contributed by atoms with Crippen LogP contribution in [0.5, 0.6) is 0 Å². The van der Waals surface area contributed by atoms with E-state index in [1.807, 2.05) is 0 Å². The number of hydrogen-bond acceptors (Lipinski definition) is 6. The maximum absolute atomic E-state index is 12.3. The zero-order valence-electron chi connectivity index (χ0n) is 17.3. The molecule has 1 atom stereocenters. The highest BCUT2D eigenvalue weighted by Crippen LogP contribution is 2.10. The minimum Gasteiger partial charge on any atom is -0.480 e. The van der Waals surface area contributed by atoms with E-state index in [0.717, 1.165) is 25.9 Å². The van der Waals surface area contributed by atoms with Crippen LogP contribution >= 0.6 is 0 Å². The number of rotatable bonds is 12. The molecule has 5 N–H and O–H groups in total. The molecule has 1 aromatic rings. The van der Waals surface area contributed by atoms with Crippen molar-refractivity contribution in [2.75, 3.05) is 26.2 Å². The third kappa shape index (κ3) is 9.03. The lowest BCUT2D eigenvalue weighted by Crippen LogP contribution is -2.48. The number of nitrogens with one attached hydrogen (secondary N) is 4. The minimum absolute atomic E-state index is 0.0402. The molecular formula is C20H30N4O6S. The van der Waals surface area contributed by atoms with Crippen molar-refractivity contribution in [1.29, 1.82) is 0 Å². The number of carboxylic acid groups (broad SMARTS) is 1. The smallest absolute Gasteiger partial charge is 0.323 e. The van der Waals surface area contributed by atoms with Crippen molar-refractivity contribution in [2.24, 2.45) is 5.92 Å². The molecule has 0 aliphatic carbocycles. The van der Waals surface area contributed by atoms with Crippen molar-refractivity contribution >= 4 is 27.8 Å². The zero-order valence-corrected chi connectivity index (χ0v) is 18.1. The van der Waals surface area contributed by atoms with Crippen LogP contribution in [0.15, 0.2) is 35.2 Å². The van der Waals surface area contributed by atoms with Gasteiger partial charge in [0, 0.05) is 25.9 Å². The van der Waals surface area contributed by atoms with Gasteiger partial charge in [-0.15, -0.1) is 0 Å². The fourth-order valence-electron chi connectivity index (χ4n) is 3.18. The molecule has 2 amide bonds. The van der Waals surface area contributed by atoms with E-state index in [1.54, 1.807) is 6.07 Å². The lowest BCUT2D eigenvalue weighted by atomic mass is 9.98. The number of piperidine rings is 1. The fraction of sp³-hybridized carbons (Fsp3) is 0.550. The first-order chi connectivity index (χ1) is 14.8. The second kappa shape index (κ2) is 12.4. The Kier molecular flexibility index (Phi) is 9.89. The zero-order chi connectivity index (χ0) is 22.7. The molecule has 2 rings (SSSR count). The molecule has 0 bridgehead atoms. The molecule has 1 saturated heterocycles. The number of aliphatic carboxylic acids is 1. The van der Waals surface area contributed by atoms with Gasteiger partial charge in [-0.05, 0) is 50.4 Å². The first-order valence-corrected chi connectivity index (χ1v) is 11.8. The Morgan fingerprint density at radius 2 is 1.65 bits per heavy atom. The summed E-state index contributed by atoms with van der Waals surface area (Å²) in [6.07, 6.45) is 2.61. The van der Waals surface area contributed by atoms with Crippen LogP contribution in [0.2, 0.25) is 0 Å². The summed E-state index contributed by atoms with van der Waals surface area (Å²) in [5, 5.41) is 17.8. The van der Waals surface area contributed by atoms with E-state index in [0.29, 0.717) is 18.9 Å². The van der Waals surface area contributed by atoms with Gasteiger partial charge in [0.05, 0.1) is 4.90 Å². The van der Waals surface area contributed by atoms with Gasteiger partial charge in [0.2, 0.25) is 21.8 Å². The monoisotopic (exact) mass is 454 g/mol.